The van der Waals surface area contributed by atoms with Crippen molar-refractivity contribution in [2.45, 2.75) is 23.5 Å². The molecule has 1 saturated heterocycles. The van der Waals surface area contributed by atoms with E-state index in [2.05, 4.69) is 5.32 Å². The molecule has 0 aliphatic carbocycles. The van der Waals surface area contributed by atoms with Gasteiger partial charge < -0.3 is 14.8 Å². The summed E-state index contributed by atoms with van der Waals surface area (Å²) >= 11 is 3.82. The molecule has 1 aliphatic rings. The van der Waals surface area contributed by atoms with E-state index < -0.39 is 30.5 Å². The van der Waals surface area contributed by atoms with Crippen molar-refractivity contribution in [2.24, 2.45) is 0 Å². The molecular formula is C23H25NO5S2. The lowest BCUT2D eigenvalue weighted by Crippen LogP contribution is -2.44. The monoisotopic (exact) mass is 459 g/mol. The fourth-order valence-corrected chi connectivity index (χ4v) is 5.99. The van der Waals surface area contributed by atoms with Gasteiger partial charge >= 0.3 is 11.9 Å². The largest absolute Gasteiger partial charge is 0.467 e. The summed E-state index contributed by atoms with van der Waals surface area (Å²) in [4.78, 5) is 36.6. The highest BCUT2D eigenvalue weighted by Crippen LogP contribution is 2.43. The van der Waals surface area contributed by atoms with Crippen LogP contribution in [0.25, 0.3) is 0 Å². The molecular weight excluding hydrogens is 434 g/mol. The molecule has 1 atom stereocenters. The van der Waals surface area contributed by atoms with Gasteiger partial charge in [0.05, 0.1) is 17.3 Å². The standard InChI is InChI=1S/C23H25NO5S2/c1-28-22(27)19(14-16-6-3-2-4-7-16)24-20(25)15-29-21(26)17-8-10-18(11-9-17)23-30-12-5-13-31-23/h2-4,6-11,19,23H,5,12-15H2,1H3,(H,24,25). The average molecular weight is 460 g/mol. The van der Waals surface area contributed by atoms with E-state index >= 15 is 0 Å². The summed E-state index contributed by atoms with van der Waals surface area (Å²) in [6, 6.07) is 15.7. The van der Waals surface area contributed by atoms with Crippen molar-refractivity contribution in [2.75, 3.05) is 25.2 Å². The number of thioether (sulfide) groups is 2. The minimum Gasteiger partial charge on any atom is -0.467 e. The van der Waals surface area contributed by atoms with Crippen molar-refractivity contribution in [3.63, 3.8) is 0 Å². The van der Waals surface area contributed by atoms with E-state index in [0.29, 0.717) is 10.1 Å². The molecule has 1 N–H and O–H groups in total. The minimum absolute atomic E-state index is 0.284. The first-order chi connectivity index (χ1) is 15.1. The lowest BCUT2D eigenvalue weighted by Gasteiger charge is -2.21. The van der Waals surface area contributed by atoms with Gasteiger partial charge in [0.2, 0.25) is 0 Å². The molecule has 2 aromatic rings. The zero-order chi connectivity index (χ0) is 22.1. The van der Waals surface area contributed by atoms with Crippen LogP contribution < -0.4 is 5.32 Å². The normalized spacial score (nSPS) is 15.0. The highest BCUT2D eigenvalue weighted by Gasteiger charge is 2.23. The maximum Gasteiger partial charge on any atom is 0.338 e. The maximum absolute atomic E-state index is 12.3. The first-order valence-electron chi connectivity index (χ1n) is 9.98. The van der Waals surface area contributed by atoms with Crippen LogP contribution in [-0.4, -0.2) is 49.1 Å². The second-order valence-corrected chi connectivity index (χ2v) is 9.68. The van der Waals surface area contributed by atoms with Gasteiger partial charge in [-0.1, -0.05) is 42.5 Å². The van der Waals surface area contributed by atoms with Gasteiger partial charge in [0.1, 0.15) is 6.04 Å². The van der Waals surface area contributed by atoms with Crippen molar-refractivity contribution in [1.29, 1.82) is 0 Å². The predicted molar refractivity (Wildman–Crippen MR) is 123 cm³/mol. The van der Waals surface area contributed by atoms with Gasteiger partial charge in [-0.3, -0.25) is 4.79 Å². The Balaban J connectivity index is 1.51. The molecule has 1 heterocycles. The summed E-state index contributed by atoms with van der Waals surface area (Å²) in [5.74, 6) is 0.591. The van der Waals surface area contributed by atoms with Crippen LogP contribution in [0.4, 0.5) is 0 Å². The Labute approximate surface area is 190 Å². The zero-order valence-electron chi connectivity index (χ0n) is 17.2. The van der Waals surface area contributed by atoms with Crippen LogP contribution >= 0.6 is 23.5 Å². The SMILES string of the molecule is COC(=O)C(Cc1ccccc1)NC(=O)COC(=O)c1ccc(C2SCCCS2)cc1. The quantitative estimate of drug-likeness (QED) is 0.604. The molecule has 1 unspecified atom stereocenters. The number of hydrogen-bond donors (Lipinski definition) is 1. The number of rotatable bonds is 8. The highest BCUT2D eigenvalue weighted by atomic mass is 32.2. The highest BCUT2D eigenvalue weighted by molar-refractivity contribution is 8.16. The summed E-state index contributed by atoms with van der Waals surface area (Å²) in [6.07, 6.45) is 1.51. The van der Waals surface area contributed by atoms with E-state index in [1.165, 1.54) is 19.1 Å². The molecule has 164 valence electrons. The van der Waals surface area contributed by atoms with Crippen LogP contribution in [0, 0.1) is 0 Å². The molecule has 0 aromatic heterocycles. The second kappa shape index (κ2) is 11.8. The van der Waals surface area contributed by atoms with E-state index in [9.17, 15) is 14.4 Å². The Morgan fingerprint density at radius 3 is 2.35 bits per heavy atom. The molecule has 1 fully saturated rings. The number of benzene rings is 2. The van der Waals surface area contributed by atoms with Crippen LogP contribution in [0.3, 0.4) is 0 Å². The van der Waals surface area contributed by atoms with Crippen molar-refractivity contribution in [3.8, 4) is 0 Å². The molecule has 0 saturated carbocycles. The Morgan fingerprint density at radius 1 is 1.03 bits per heavy atom. The summed E-state index contributed by atoms with van der Waals surface area (Å²) in [6.45, 7) is -0.475. The Hall–Kier alpha value is -2.45. The topological polar surface area (TPSA) is 81.7 Å². The van der Waals surface area contributed by atoms with Gasteiger partial charge in [0.25, 0.3) is 5.91 Å². The third-order valence-electron chi connectivity index (χ3n) is 4.68. The zero-order valence-corrected chi connectivity index (χ0v) is 18.9. The van der Waals surface area contributed by atoms with Gasteiger partial charge in [-0.2, -0.15) is 0 Å². The van der Waals surface area contributed by atoms with Gasteiger partial charge in [0, 0.05) is 6.42 Å². The molecule has 8 heteroatoms. The van der Waals surface area contributed by atoms with Crippen molar-refractivity contribution >= 4 is 41.4 Å². The fourth-order valence-electron chi connectivity index (χ4n) is 3.09. The maximum atomic E-state index is 12.3. The Morgan fingerprint density at radius 2 is 1.71 bits per heavy atom. The molecule has 0 spiro atoms. The predicted octanol–water partition coefficient (Wildman–Crippen LogP) is 3.61. The number of ether oxygens (including phenoxy) is 2. The van der Waals surface area contributed by atoms with E-state index in [4.69, 9.17) is 9.47 Å². The van der Waals surface area contributed by atoms with Gasteiger partial charge in [-0.25, -0.2) is 9.59 Å². The number of carbonyl (C=O) groups excluding carboxylic acids is 3. The number of carbonyl (C=O) groups is 3. The summed E-state index contributed by atoms with van der Waals surface area (Å²) < 4.78 is 10.3. The molecule has 2 aromatic carbocycles. The van der Waals surface area contributed by atoms with E-state index in [1.807, 2.05) is 66.0 Å². The molecule has 3 rings (SSSR count). The van der Waals surface area contributed by atoms with Crippen molar-refractivity contribution in [3.05, 3.63) is 71.3 Å². The first-order valence-corrected chi connectivity index (χ1v) is 12.1. The van der Waals surface area contributed by atoms with Crippen LogP contribution in [0.1, 0.15) is 32.5 Å². The third-order valence-corrected chi connectivity index (χ3v) is 7.70. The molecule has 0 bridgehead atoms. The van der Waals surface area contributed by atoms with Crippen LogP contribution in [0.2, 0.25) is 0 Å². The average Bonchev–Trinajstić information content (AvgIpc) is 2.83. The van der Waals surface area contributed by atoms with E-state index in [-0.39, 0.29) is 6.42 Å². The van der Waals surface area contributed by atoms with Gasteiger partial charge in [-0.05, 0) is 41.2 Å². The number of hydrogen-bond acceptors (Lipinski definition) is 7. The lowest BCUT2D eigenvalue weighted by atomic mass is 10.1. The van der Waals surface area contributed by atoms with Crippen molar-refractivity contribution < 1.29 is 23.9 Å². The smallest absolute Gasteiger partial charge is 0.338 e. The van der Waals surface area contributed by atoms with Crippen LogP contribution in [0.15, 0.2) is 54.6 Å². The molecule has 1 amide bonds. The summed E-state index contributed by atoms with van der Waals surface area (Å²) in [5, 5.41) is 2.58. The second-order valence-electron chi connectivity index (χ2n) is 6.96. The molecule has 6 nitrogen and oxygen atoms in total. The van der Waals surface area contributed by atoms with E-state index in [1.54, 1.807) is 12.1 Å². The number of esters is 2. The molecule has 0 radical (unpaired) electrons. The number of amides is 1. The summed E-state index contributed by atoms with van der Waals surface area (Å²) in [5.41, 5.74) is 2.44. The number of methoxy groups -OCH3 is 1. The third kappa shape index (κ3) is 7.04. The fraction of sp³-hybridized carbons (Fsp3) is 0.348. The van der Waals surface area contributed by atoms with Crippen LogP contribution in [0.5, 0.6) is 0 Å². The summed E-state index contributed by atoms with van der Waals surface area (Å²) in [7, 11) is 1.26. The Kier molecular flexibility index (Phi) is 8.85. The lowest BCUT2D eigenvalue weighted by molar-refractivity contribution is -0.145. The van der Waals surface area contributed by atoms with Crippen LogP contribution in [-0.2, 0) is 25.5 Å². The molecule has 1 aliphatic heterocycles. The number of nitrogens with one attached hydrogen (secondary N) is 1. The van der Waals surface area contributed by atoms with Crippen molar-refractivity contribution in [1.82, 2.24) is 5.32 Å². The van der Waals surface area contributed by atoms with Gasteiger partial charge in [-0.15, -0.1) is 23.5 Å². The first kappa shape index (κ1) is 23.2. The Bertz CT molecular complexity index is 883. The van der Waals surface area contributed by atoms with E-state index in [0.717, 1.165) is 17.1 Å². The van der Waals surface area contributed by atoms with Gasteiger partial charge in [0.15, 0.2) is 6.61 Å². The molecule has 31 heavy (non-hydrogen) atoms. The minimum atomic E-state index is -0.858.